The van der Waals surface area contributed by atoms with E-state index in [9.17, 15) is 0 Å². The normalized spacial score (nSPS) is 23.9. The zero-order chi connectivity index (χ0) is 12.3. The minimum absolute atomic E-state index is 0.502. The Balaban J connectivity index is 2.09. The van der Waals surface area contributed by atoms with Crippen molar-refractivity contribution in [1.82, 2.24) is 0 Å². The molecule has 0 radical (unpaired) electrons. The number of hydrogen-bond donors (Lipinski definition) is 2. The fourth-order valence-electron chi connectivity index (χ4n) is 2.38. The van der Waals surface area contributed by atoms with Gasteiger partial charge in [0.15, 0.2) is 0 Å². The summed E-state index contributed by atoms with van der Waals surface area (Å²) in [6, 6.07) is 6.17. The molecule has 2 rings (SSSR count). The minimum atomic E-state index is 0.502. The highest BCUT2D eigenvalue weighted by Gasteiger charge is 2.27. The molecule has 0 spiro atoms. The van der Waals surface area contributed by atoms with Crippen LogP contribution in [0.3, 0.4) is 0 Å². The predicted molar refractivity (Wildman–Crippen MR) is 79.0 cm³/mol. The Bertz CT molecular complexity index is 363. The van der Waals surface area contributed by atoms with Gasteiger partial charge in [-0.1, -0.05) is 31.0 Å². The summed E-state index contributed by atoms with van der Waals surface area (Å²) in [4.78, 5) is 0. The van der Waals surface area contributed by atoms with Crippen LogP contribution < -0.4 is 11.1 Å². The smallest absolute Gasteiger partial charge is 0.0765 e. The SMILES string of the molecule is CCSC1CCCC1Nc1c(N)cccc1Cl. The second-order valence-electron chi connectivity index (χ2n) is 4.38. The van der Waals surface area contributed by atoms with Crippen molar-refractivity contribution in [3.63, 3.8) is 0 Å². The average molecular weight is 271 g/mol. The van der Waals surface area contributed by atoms with Crippen LogP contribution in [0.4, 0.5) is 11.4 Å². The summed E-state index contributed by atoms with van der Waals surface area (Å²) in [6.07, 6.45) is 3.79. The molecule has 0 amide bonds. The van der Waals surface area contributed by atoms with E-state index < -0.39 is 0 Å². The van der Waals surface area contributed by atoms with E-state index in [0.29, 0.717) is 11.3 Å². The minimum Gasteiger partial charge on any atom is -0.397 e. The van der Waals surface area contributed by atoms with Crippen molar-refractivity contribution in [2.45, 2.75) is 37.5 Å². The predicted octanol–water partition coefficient (Wildman–Crippen LogP) is 4.01. The van der Waals surface area contributed by atoms with Crippen molar-refractivity contribution >= 4 is 34.7 Å². The lowest BCUT2D eigenvalue weighted by Gasteiger charge is -2.22. The van der Waals surface area contributed by atoms with Gasteiger partial charge in [0.05, 0.1) is 16.4 Å². The molecule has 2 unspecified atom stereocenters. The molecular weight excluding hydrogens is 252 g/mol. The van der Waals surface area contributed by atoms with Crippen molar-refractivity contribution in [3.05, 3.63) is 23.2 Å². The summed E-state index contributed by atoms with van der Waals surface area (Å²) in [6.45, 7) is 2.21. The van der Waals surface area contributed by atoms with Gasteiger partial charge in [0.1, 0.15) is 0 Å². The van der Waals surface area contributed by atoms with E-state index in [1.165, 1.54) is 25.0 Å². The molecule has 1 saturated carbocycles. The van der Waals surface area contributed by atoms with Gasteiger partial charge in [-0.05, 0) is 30.7 Å². The zero-order valence-corrected chi connectivity index (χ0v) is 11.7. The Morgan fingerprint density at radius 1 is 1.47 bits per heavy atom. The molecule has 1 aromatic carbocycles. The fraction of sp³-hybridized carbons (Fsp3) is 0.538. The highest BCUT2D eigenvalue weighted by Crippen LogP contribution is 2.35. The van der Waals surface area contributed by atoms with Crippen molar-refractivity contribution in [2.75, 3.05) is 16.8 Å². The van der Waals surface area contributed by atoms with Gasteiger partial charge in [0.2, 0.25) is 0 Å². The van der Waals surface area contributed by atoms with E-state index in [4.69, 9.17) is 17.3 Å². The Morgan fingerprint density at radius 2 is 2.29 bits per heavy atom. The van der Waals surface area contributed by atoms with Crippen molar-refractivity contribution in [1.29, 1.82) is 0 Å². The molecule has 0 heterocycles. The van der Waals surface area contributed by atoms with Gasteiger partial charge in [0, 0.05) is 11.3 Å². The van der Waals surface area contributed by atoms with E-state index in [2.05, 4.69) is 12.2 Å². The third-order valence-electron chi connectivity index (χ3n) is 3.21. The maximum absolute atomic E-state index is 6.18. The monoisotopic (exact) mass is 270 g/mol. The molecule has 4 heteroatoms. The second kappa shape index (κ2) is 5.87. The lowest BCUT2D eigenvalue weighted by Crippen LogP contribution is -2.26. The van der Waals surface area contributed by atoms with Crippen LogP contribution in [0.25, 0.3) is 0 Å². The number of benzene rings is 1. The summed E-state index contributed by atoms with van der Waals surface area (Å²) >= 11 is 8.21. The number of thioether (sulfide) groups is 1. The van der Waals surface area contributed by atoms with Gasteiger partial charge < -0.3 is 11.1 Å². The molecule has 0 bridgehead atoms. The van der Waals surface area contributed by atoms with Gasteiger partial charge in [-0.3, -0.25) is 0 Å². The maximum atomic E-state index is 6.18. The Kier molecular flexibility index (Phi) is 4.46. The van der Waals surface area contributed by atoms with Gasteiger partial charge >= 0.3 is 0 Å². The molecule has 1 aliphatic carbocycles. The van der Waals surface area contributed by atoms with Crippen LogP contribution in [-0.4, -0.2) is 17.0 Å². The number of nitrogen functional groups attached to an aromatic ring is 1. The van der Waals surface area contributed by atoms with E-state index >= 15 is 0 Å². The first-order valence-electron chi connectivity index (χ1n) is 6.14. The summed E-state index contributed by atoms with van der Waals surface area (Å²) in [5.41, 5.74) is 7.61. The molecule has 94 valence electrons. The molecule has 0 saturated heterocycles. The molecule has 17 heavy (non-hydrogen) atoms. The number of anilines is 2. The highest BCUT2D eigenvalue weighted by atomic mass is 35.5. The molecule has 2 nitrogen and oxygen atoms in total. The van der Waals surface area contributed by atoms with E-state index in [-0.39, 0.29) is 0 Å². The van der Waals surface area contributed by atoms with E-state index in [1.807, 2.05) is 30.0 Å². The van der Waals surface area contributed by atoms with Crippen molar-refractivity contribution in [3.8, 4) is 0 Å². The van der Waals surface area contributed by atoms with E-state index in [1.54, 1.807) is 0 Å². The van der Waals surface area contributed by atoms with Crippen LogP contribution in [0.1, 0.15) is 26.2 Å². The van der Waals surface area contributed by atoms with Gasteiger partial charge in [0.25, 0.3) is 0 Å². The quantitative estimate of drug-likeness (QED) is 0.812. The second-order valence-corrected chi connectivity index (χ2v) is 6.30. The highest BCUT2D eigenvalue weighted by molar-refractivity contribution is 7.99. The topological polar surface area (TPSA) is 38.0 Å². The summed E-state index contributed by atoms with van der Waals surface area (Å²) in [5, 5.41) is 4.94. The van der Waals surface area contributed by atoms with Crippen LogP contribution in [0.15, 0.2) is 18.2 Å². The maximum Gasteiger partial charge on any atom is 0.0765 e. The van der Waals surface area contributed by atoms with Crippen molar-refractivity contribution in [2.24, 2.45) is 0 Å². The summed E-state index contributed by atoms with van der Waals surface area (Å²) < 4.78 is 0. The number of halogens is 1. The third kappa shape index (κ3) is 3.02. The lowest BCUT2D eigenvalue weighted by atomic mass is 10.2. The lowest BCUT2D eigenvalue weighted by molar-refractivity contribution is 0.768. The number of nitrogens with two attached hydrogens (primary N) is 1. The van der Waals surface area contributed by atoms with Gasteiger partial charge in [-0.2, -0.15) is 11.8 Å². The van der Waals surface area contributed by atoms with E-state index in [0.717, 1.165) is 16.4 Å². The molecule has 0 aliphatic heterocycles. The standard InChI is InChI=1S/C13H19ClN2S/c1-2-17-12-8-4-7-11(12)16-13-9(14)5-3-6-10(13)15/h3,5-6,11-12,16H,2,4,7-8,15H2,1H3. The molecule has 0 aromatic heterocycles. The molecule has 1 fully saturated rings. The van der Waals surface area contributed by atoms with Crippen LogP contribution in [0.2, 0.25) is 5.02 Å². The number of nitrogens with one attached hydrogen (secondary N) is 1. The van der Waals surface area contributed by atoms with Crippen LogP contribution >= 0.6 is 23.4 Å². The van der Waals surface area contributed by atoms with Crippen LogP contribution in [0, 0.1) is 0 Å². The van der Waals surface area contributed by atoms with Gasteiger partial charge in [-0.15, -0.1) is 0 Å². The Hall–Kier alpha value is -0.540. The first-order chi connectivity index (χ1) is 8.22. The molecular formula is C13H19ClN2S. The summed E-state index contributed by atoms with van der Waals surface area (Å²) in [7, 11) is 0. The first-order valence-corrected chi connectivity index (χ1v) is 7.57. The number of hydrogen-bond acceptors (Lipinski definition) is 3. The zero-order valence-electron chi connectivity index (χ0n) is 10.1. The van der Waals surface area contributed by atoms with Crippen LogP contribution in [0.5, 0.6) is 0 Å². The van der Waals surface area contributed by atoms with Crippen LogP contribution in [-0.2, 0) is 0 Å². The summed E-state index contributed by atoms with van der Waals surface area (Å²) in [5.74, 6) is 1.17. The molecule has 1 aromatic rings. The fourth-order valence-corrected chi connectivity index (χ4v) is 3.82. The molecule has 1 aliphatic rings. The van der Waals surface area contributed by atoms with Gasteiger partial charge in [-0.25, -0.2) is 0 Å². The first kappa shape index (κ1) is 12.9. The van der Waals surface area contributed by atoms with Crippen molar-refractivity contribution < 1.29 is 0 Å². The third-order valence-corrected chi connectivity index (χ3v) is 4.85. The number of para-hydroxylation sites is 1. The Morgan fingerprint density at radius 3 is 3.00 bits per heavy atom. The molecule has 3 N–H and O–H groups in total. The number of rotatable bonds is 4. The Labute approximate surface area is 112 Å². The molecule has 2 atom stereocenters. The average Bonchev–Trinajstić information content (AvgIpc) is 2.72. The largest absolute Gasteiger partial charge is 0.397 e.